The molecule has 1 amide bonds. The molecule has 1 aliphatic rings. The van der Waals surface area contributed by atoms with Crippen LogP contribution in [0.4, 0.5) is 4.39 Å². The summed E-state index contributed by atoms with van der Waals surface area (Å²) in [6.45, 7) is 2.95. The second-order valence-electron chi connectivity index (χ2n) is 6.73. The first-order chi connectivity index (χ1) is 12.5. The third-order valence-corrected chi connectivity index (χ3v) is 4.88. The molecule has 1 atom stereocenters. The van der Waals surface area contributed by atoms with Crippen molar-refractivity contribution in [2.45, 2.75) is 25.7 Å². The molecule has 7 heteroatoms. The minimum Gasteiger partial charge on any atom is -0.342 e. The van der Waals surface area contributed by atoms with Gasteiger partial charge in [0.25, 0.3) is 5.56 Å². The topological polar surface area (TPSA) is 70.5 Å². The smallest absolute Gasteiger partial charge is 0.272 e. The van der Waals surface area contributed by atoms with E-state index in [4.69, 9.17) is 0 Å². The van der Waals surface area contributed by atoms with Crippen molar-refractivity contribution in [3.63, 3.8) is 0 Å². The van der Waals surface area contributed by atoms with Gasteiger partial charge in [0.15, 0.2) is 5.65 Å². The lowest BCUT2D eigenvalue weighted by Gasteiger charge is -2.16. The van der Waals surface area contributed by atoms with Gasteiger partial charge in [-0.25, -0.2) is 13.9 Å². The molecule has 0 bridgehead atoms. The van der Waals surface area contributed by atoms with Crippen LogP contribution in [0.25, 0.3) is 5.65 Å². The molecule has 0 saturated carbocycles. The highest BCUT2D eigenvalue weighted by Crippen LogP contribution is 2.27. The second kappa shape index (κ2) is 6.40. The van der Waals surface area contributed by atoms with Crippen molar-refractivity contribution >= 4 is 11.6 Å². The highest BCUT2D eigenvalue weighted by atomic mass is 19.1. The van der Waals surface area contributed by atoms with Crippen molar-refractivity contribution in [3.05, 3.63) is 69.5 Å². The van der Waals surface area contributed by atoms with Gasteiger partial charge in [0, 0.05) is 42.5 Å². The number of aromatic nitrogens is 3. The molecular formula is C19H19FN4O2. The van der Waals surface area contributed by atoms with Gasteiger partial charge in [-0.05, 0) is 25.0 Å². The Morgan fingerprint density at radius 1 is 1.35 bits per heavy atom. The Balaban J connectivity index is 1.50. The second-order valence-corrected chi connectivity index (χ2v) is 6.73. The number of nitrogens with one attached hydrogen (secondary N) is 1. The number of fused-ring (bicyclic) bond motifs is 1. The number of halogens is 1. The lowest BCUT2D eigenvalue weighted by Crippen LogP contribution is -2.30. The molecule has 1 saturated heterocycles. The van der Waals surface area contributed by atoms with Crippen LogP contribution in [0.1, 0.15) is 29.3 Å². The number of hydrogen-bond donors (Lipinski definition) is 1. The highest BCUT2D eigenvalue weighted by molar-refractivity contribution is 5.79. The average Bonchev–Trinajstić information content (AvgIpc) is 3.23. The Hall–Kier alpha value is -2.96. The minimum absolute atomic E-state index is 0.0618. The van der Waals surface area contributed by atoms with Crippen LogP contribution in [0.3, 0.4) is 0 Å². The molecule has 3 aromatic rings. The fourth-order valence-corrected chi connectivity index (χ4v) is 3.50. The van der Waals surface area contributed by atoms with Gasteiger partial charge in [-0.2, -0.15) is 0 Å². The van der Waals surface area contributed by atoms with Crippen LogP contribution in [-0.4, -0.2) is 38.5 Å². The summed E-state index contributed by atoms with van der Waals surface area (Å²) in [6.07, 6.45) is 0.857. The first-order valence-corrected chi connectivity index (χ1v) is 8.62. The predicted molar refractivity (Wildman–Crippen MR) is 94.6 cm³/mol. The summed E-state index contributed by atoms with van der Waals surface area (Å²) in [4.78, 5) is 30.6. The van der Waals surface area contributed by atoms with Gasteiger partial charge < -0.3 is 4.90 Å². The minimum atomic E-state index is -0.354. The quantitative estimate of drug-likeness (QED) is 0.782. The number of carbonyl (C=O) groups is 1. The zero-order valence-electron chi connectivity index (χ0n) is 14.4. The van der Waals surface area contributed by atoms with E-state index in [2.05, 4.69) is 10.1 Å². The third kappa shape index (κ3) is 3.00. The van der Waals surface area contributed by atoms with E-state index in [1.807, 2.05) is 6.07 Å². The number of likely N-dealkylation sites (tertiary alicyclic amines) is 1. The van der Waals surface area contributed by atoms with Gasteiger partial charge in [0.1, 0.15) is 5.82 Å². The zero-order valence-corrected chi connectivity index (χ0v) is 14.4. The molecule has 0 spiro atoms. The number of benzene rings is 1. The van der Waals surface area contributed by atoms with Gasteiger partial charge in [-0.15, -0.1) is 0 Å². The Bertz CT molecular complexity index is 1040. The molecule has 2 aromatic heterocycles. The van der Waals surface area contributed by atoms with Gasteiger partial charge in [0.05, 0.1) is 6.42 Å². The first-order valence-electron chi connectivity index (χ1n) is 8.62. The summed E-state index contributed by atoms with van der Waals surface area (Å²) in [6, 6.07) is 9.69. The van der Waals surface area contributed by atoms with E-state index in [0.29, 0.717) is 30.0 Å². The Labute approximate surface area is 149 Å². The monoisotopic (exact) mass is 354 g/mol. The van der Waals surface area contributed by atoms with Crippen molar-refractivity contribution in [2.75, 3.05) is 13.1 Å². The van der Waals surface area contributed by atoms with Crippen LogP contribution in [0.5, 0.6) is 0 Å². The van der Waals surface area contributed by atoms with Crippen LogP contribution in [0.2, 0.25) is 0 Å². The van der Waals surface area contributed by atoms with Gasteiger partial charge in [-0.3, -0.25) is 14.7 Å². The Morgan fingerprint density at radius 3 is 2.96 bits per heavy atom. The molecule has 0 unspecified atom stereocenters. The molecule has 26 heavy (non-hydrogen) atoms. The number of rotatable bonds is 3. The molecule has 0 aliphatic carbocycles. The largest absolute Gasteiger partial charge is 0.342 e. The van der Waals surface area contributed by atoms with E-state index in [1.54, 1.807) is 30.0 Å². The molecule has 1 fully saturated rings. The van der Waals surface area contributed by atoms with Gasteiger partial charge >= 0.3 is 0 Å². The van der Waals surface area contributed by atoms with E-state index in [9.17, 15) is 14.0 Å². The van der Waals surface area contributed by atoms with E-state index in [0.717, 1.165) is 12.1 Å². The molecule has 1 aliphatic heterocycles. The molecule has 134 valence electrons. The van der Waals surface area contributed by atoms with Crippen molar-refractivity contribution < 1.29 is 9.18 Å². The fourth-order valence-electron chi connectivity index (χ4n) is 3.50. The van der Waals surface area contributed by atoms with E-state index in [1.165, 1.54) is 16.6 Å². The summed E-state index contributed by atoms with van der Waals surface area (Å²) in [7, 11) is 0. The summed E-state index contributed by atoms with van der Waals surface area (Å²) >= 11 is 0. The number of carbonyl (C=O) groups excluding carboxylic acids is 1. The maximum Gasteiger partial charge on any atom is 0.272 e. The third-order valence-electron chi connectivity index (χ3n) is 4.88. The fraction of sp³-hybridized carbons (Fsp3) is 0.316. The number of H-pyrrole nitrogens is 1. The summed E-state index contributed by atoms with van der Waals surface area (Å²) in [5, 5.41) is 3.10. The lowest BCUT2D eigenvalue weighted by molar-refractivity contribution is -0.129. The van der Waals surface area contributed by atoms with Gasteiger partial charge in [-0.1, -0.05) is 18.2 Å². The summed E-state index contributed by atoms with van der Waals surface area (Å²) in [5.74, 6) is -0.325. The van der Waals surface area contributed by atoms with Crippen LogP contribution in [0.15, 0.2) is 41.2 Å². The number of aryl methyl sites for hydroxylation is 1. The summed E-state index contributed by atoms with van der Waals surface area (Å²) in [5.41, 5.74) is 2.42. The van der Waals surface area contributed by atoms with Gasteiger partial charge in [0.2, 0.25) is 5.91 Å². The lowest BCUT2D eigenvalue weighted by atomic mass is 10.1. The molecule has 6 nitrogen and oxygen atoms in total. The standard InChI is InChI=1S/C19H19FN4O2/c1-12-8-19(26)24-17(21-12)10-16(22-24)14-6-7-23(11-14)18(25)9-13-4-2-3-5-15(13)20/h2-5,8,10,14,22H,6-7,9,11H2,1H3/t14-/m0/s1. The average molecular weight is 354 g/mol. The molecule has 1 N–H and O–H groups in total. The first kappa shape index (κ1) is 16.5. The number of amides is 1. The van der Waals surface area contributed by atoms with Crippen molar-refractivity contribution in [3.8, 4) is 0 Å². The van der Waals surface area contributed by atoms with E-state index < -0.39 is 0 Å². The van der Waals surface area contributed by atoms with Crippen LogP contribution in [0, 0.1) is 12.7 Å². The van der Waals surface area contributed by atoms with E-state index >= 15 is 0 Å². The van der Waals surface area contributed by atoms with Crippen LogP contribution in [-0.2, 0) is 11.2 Å². The van der Waals surface area contributed by atoms with Crippen molar-refractivity contribution in [2.24, 2.45) is 0 Å². The number of nitrogens with zero attached hydrogens (tertiary/aromatic N) is 3. The molecule has 4 rings (SSSR count). The van der Waals surface area contributed by atoms with Crippen LogP contribution >= 0.6 is 0 Å². The zero-order chi connectivity index (χ0) is 18.3. The Kier molecular flexibility index (Phi) is 4.06. The molecule has 1 aromatic carbocycles. The highest BCUT2D eigenvalue weighted by Gasteiger charge is 2.29. The number of hydrogen-bond acceptors (Lipinski definition) is 3. The molecular weight excluding hydrogens is 335 g/mol. The maximum atomic E-state index is 13.8. The normalized spacial score (nSPS) is 17.2. The predicted octanol–water partition coefficient (Wildman–Crippen LogP) is 2.03. The van der Waals surface area contributed by atoms with Crippen LogP contribution < -0.4 is 5.56 Å². The molecule has 3 heterocycles. The van der Waals surface area contributed by atoms with Crippen molar-refractivity contribution in [1.29, 1.82) is 0 Å². The molecule has 0 radical (unpaired) electrons. The van der Waals surface area contributed by atoms with E-state index in [-0.39, 0.29) is 29.6 Å². The maximum absolute atomic E-state index is 13.8. The summed E-state index contributed by atoms with van der Waals surface area (Å²) < 4.78 is 15.2. The SMILES string of the molecule is Cc1cc(=O)n2[nH]c([C@H]3CCN(C(=O)Cc4ccccc4F)C3)cc2n1. The van der Waals surface area contributed by atoms with Crippen molar-refractivity contribution in [1.82, 2.24) is 19.5 Å². The Morgan fingerprint density at radius 2 is 2.15 bits per heavy atom. The number of aromatic amines is 1.